The SMILES string of the molecule is O=C(O)CCCP(=O)([O-])OP(=O)([O-])OC[C@H]1O[C@@H](n2ccc(NC(=O)Cc3cccc4ccccc34)nc2=O)C(O)[C@H]1O. The molecule has 1 amide bonds. The molecular weight excluding hydrogens is 612 g/mol. The predicted octanol–water partition coefficient (Wildman–Crippen LogP) is 0.117. The summed E-state index contributed by atoms with van der Waals surface area (Å²) < 4.78 is 38.5. The van der Waals surface area contributed by atoms with Crippen LogP contribution in [0.5, 0.6) is 0 Å². The maximum atomic E-state index is 12.7. The molecule has 43 heavy (non-hydrogen) atoms. The number of nitrogens with zero attached hydrogens (tertiary/aromatic N) is 2. The molecule has 0 aliphatic carbocycles. The lowest BCUT2D eigenvalue weighted by atomic mass is 10.0. The number of amides is 1. The first-order chi connectivity index (χ1) is 20.2. The Kier molecular flexibility index (Phi) is 10.3. The van der Waals surface area contributed by atoms with Crippen molar-refractivity contribution in [2.24, 2.45) is 0 Å². The van der Waals surface area contributed by atoms with Crippen LogP contribution in [0.3, 0.4) is 0 Å². The average Bonchev–Trinajstić information content (AvgIpc) is 3.20. The number of aliphatic hydroxyl groups is 2. The van der Waals surface area contributed by atoms with E-state index in [9.17, 15) is 43.5 Å². The van der Waals surface area contributed by atoms with Gasteiger partial charge >= 0.3 is 11.7 Å². The molecule has 1 aliphatic rings. The highest BCUT2D eigenvalue weighted by atomic mass is 31.3. The van der Waals surface area contributed by atoms with Gasteiger partial charge in [0.25, 0.3) is 7.82 Å². The number of aromatic nitrogens is 2. The summed E-state index contributed by atoms with van der Waals surface area (Å²) in [5.74, 6) is -1.82. The summed E-state index contributed by atoms with van der Waals surface area (Å²) in [6, 6.07) is 14.3. The number of rotatable bonds is 13. The number of aliphatic hydroxyl groups excluding tert-OH is 2. The first kappa shape index (κ1) is 32.6. The number of hydrogen-bond donors (Lipinski definition) is 4. The molecule has 16 nitrogen and oxygen atoms in total. The number of anilines is 1. The van der Waals surface area contributed by atoms with Crippen molar-refractivity contribution in [3.8, 4) is 0 Å². The van der Waals surface area contributed by atoms with Crippen molar-refractivity contribution in [1.29, 1.82) is 0 Å². The lowest BCUT2D eigenvalue weighted by Crippen LogP contribution is -2.36. The van der Waals surface area contributed by atoms with E-state index in [-0.39, 0.29) is 12.2 Å². The van der Waals surface area contributed by atoms with Crippen LogP contribution in [0.15, 0.2) is 59.5 Å². The monoisotopic (exact) mass is 639 g/mol. The van der Waals surface area contributed by atoms with Gasteiger partial charge in [-0.1, -0.05) is 42.5 Å². The van der Waals surface area contributed by atoms with Crippen molar-refractivity contribution >= 4 is 43.9 Å². The standard InChI is InChI=1S/C25H29N3O13P2/c29-20(13-16-7-3-6-15-5-1-2-8-17(15)16)26-19-10-11-28(25(34)27-19)24-23(33)22(32)18(40-24)14-39-43(37,38)41-42(35,36)12-4-9-21(30)31/h1-3,5-8,10-11,18,22-24,32-33H,4,9,12-14H2,(H,30,31)(H,35,36)(H,37,38)(H,26,27,29,34)/p-2/t18-,22+,23?,24-/m1/s1. The highest BCUT2D eigenvalue weighted by molar-refractivity contribution is 7.62. The van der Waals surface area contributed by atoms with Gasteiger partial charge in [-0.3, -0.25) is 23.0 Å². The summed E-state index contributed by atoms with van der Waals surface area (Å²) in [5, 5.41) is 33.7. The average molecular weight is 639 g/mol. The summed E-state index contributed by atoms with van der Waals surface area (Å²) in [5.41, 5.74) is -0.217. The fourth-order valence-electron chi connectivity index (χ4n) is 4.38. The number of carboxylic acids is 1. The number of fused-ring (bicyclic) bond motifs is 1. The fraction of sp³-hybridized carbons (Fsp3) is 0.360. The van der Waals surface area contributed by atoms with Gasteiger partial charge in [-0.05, 0) is 28.8 Å². The number of hydrogen-bond acceptors (Lipinski definition) is 13. The van der Waals surface area contributed by atoms with Crippen molar-refractivity contribution in [3.63, 3.8) is 0 Å². The molecule has 1 aliphatic heterocycles. The molecule has 1 aromatic heterocycles. The first-order valence-corrected chi connectivity index (χ1v) is 16.0. The van der Waals surface area contributed by atoms with Crippen LogP contribution in [0.4, 0.5) is 5.82 Å². The lowest BCUT2D eigenvalue weighted by Gasteiger charge is -2.32. The fourth-order valence-corrected chi connectivity index (χ4v) is 6.99. The van der Waals surface area contributed by atoms with Gasteiger partial charge in [-0.25, -0.2) is 4.79 Å². The van der Waals surface area contributed by atoms with Gasteiger partial charge in [0.05, 0.1) is 13.0 Å². The Morgan fingerprint density at radius 3 is 2.51 bits per heavy atom. The summed E-state index contributed by atoms with van der Waals surface area (Å²) in [7, 11) is -10.5. The molecule has 0 saturated carbocycles. The summed E-state index contributed by atoms with van der Waals surface area (Å²) in [6.45, 7) is -0.991. The van der Waals surface area contributed by atoms with Crippen molar-refractivity contribution < 1.29 is 57.4 Å². The Bertz CT molecular complexity index is 1640. The zero-order valence-electron chi connectivity index (χ0n) is 22.3. The van der Waals surface area contributed by atoms with Gasteiger partial charge in [0.2, 0.25) is 5.91 Å². The van der Waals surface area contributed by atoms with E-state index in [0.29, 0.717) is 0 Å². The van der Waals surface area contributed by atoms with Crippen LogP contribution in [0.1, 0.15) is 24.6 Å². The number of aliphatic carboxylic acids is 1. The summed E-state index contributed by atoms with van der Waals surface area (Å²) in [4.78, 5) is 63.4. The normalized spacial score (nSPS) is 23.0. The number of nitrogens with one attached hydrogen (secondary N) is 1. The number of phosphoric acid groups is 1. The molecule has 0 spiro atoms. The van der Waals surface area contributed by atoms with Crippen molar-refractivity contribution in [3.05, 3.63) is 70.8 Å². The topological polar surface area (TPSA) is 250 Å². The minimum absolute atomic E-state index is 0.00184. The van der Waals surface area contributed by atoms with Crippen molar-refractivity contribution in [2.75, 3.05) is 18.1 Å². The minimum Gasteiger partial charge on any atom is -0.778 e. The molecule has 3 aromatic rings. The number of carboxylic acid groups (broad SMARTS) is 1. The smallest absolute Gasteiger partial charge is 0.351 e. The van der Waals surface area contributed by atoms with Crippen LogP contribution in [0.25, 0.3) is 10.8 Å². The van der Waals surface area contributed by atoms with Crippen LogP contribution < -0.4 is 20.8 Å². The summed E-state index contributed by atoms with van der Waals surface area (Å²) in [6.07, 6.45) is -7.29. The van der Waals surface area contributed by atoms with Crippen LogP contribution in [-0.2, 0) is 38.7 Å². The lowest BCUT2D eigenvalue weighted by molar-refractivity contribution is -0.234. The molecule has 232 valence electrons. The molecule has 1 fully saturated rings. The number of benzene rings is 2. The molecule has 4 rings (SSSR count). The van der Waals surface area contributed by atoms with E-state index in [1.165, 1.54) is 6.07 Å². The molecule has 1 saturated heterocycles. The van der Waals surface area contributed by atoms with Gasteiger partial charge in [0.1, 0.15) is 31.7 Å². The number of phosphoric ester groups is 1. The van der Waals surface area contributed by atoms with Crippen LogP contribution >= 0.6 is 15.4 Å². The molecule has 6 atom stereocenters. The Morgan fingerprint density at radius 1 is 1.07 bits per heavy atom. The Hall–Kier alpha value is -3.30. The molecule has 0 bridgehead atoms. The molecule has 2 heterocycles. The van der Waals surface area contributed by atoms with Crippen LogP contribution in [0.2, 0.25) is 0 Å². The van der Waals surface area contributed by atoms with Gasteiger partial charge in [-0.15, -0.1) is 0 Å². The van der Waals surface area contributed by atoms with Crippen molar-refractivity contribution in [2.45, 2.75) is 43.8 Å². The predicted molar refractivity (Wildman–Crippen MR) is 145 cm³/mol. The molecule has 18 heteroatoms. The second kappa shape index (κ2) is 13.6. The summed E-state index contributed by atoms with van der Waals surface area (Å²) >= 11 is 0. The maximum absolute atomic E-state index is 12.7. The third-order valence-electron chi connectivity index (χ3n) is 6.38. The van der Waals surface area contributed by atoms with E-state index in [1.807, 2.05) is 36.4 Å². The Morgan fingerprint density at radius 2 is 1.79 bits per heavy atom. The van der Waals surface area contributed by atoms with E-state index >= 15 is 0 Å². The zero-order valence-corrected chi connectivity index (χ0v) is 24.0. The van der Waals surface area contributed by atoms with E-state index in [1.54, 1.807) is 6.07 Å². The largest absolute Gasteiger partial charge is 0.778 e. The number of ether oxygens (including phenoxy) is 1. The second-order valence-electron chi connectivity index (χ2n) is 9.57. The van der Waals surface area contributed by atoms with Gasteiger partial charge in [0, 0.05) is 18.8 Å². The van der Waals surface area contributed by atoms with Crippen molar-refractivity contribution in [1.82, 2.24) is 9.55 Å². The molecule has 3 unspecified atom stereocenters. The maximum Gasteiger partial charge on any atom is 0.351 e. The van der Waals surface area contributed by atoms with E-state index in [2.05, 4.69) is 19.1 Å². The second-order valence-corrected chi connectivity index (χ2v) is 13.0. The van der Waals surface area contributed by atoms with Gasteiger partial charge in [-0.2, -0.15) is 4.98 Å². The first-order valence-electron chi connectivity index (χ1n) is 12.8. The number of carbonyl (C=O) groups excluding carboxylic acids is 1. The van der Waals surface area contributed by atoms with E-state index < -0.39 is 83.1 Å². The number of carbonyl (C=O) groups is 2. The highest BCUT2D eigenvalue weighted by Crippen LogP contribution is 2.55. The highest BCUT2D eigenvalue weighted by Gasteiger charge is 2.44. The van der Waals surface area contributed by atoms with E-state index in [4.69, 9.17) is 9.84 Å². The Balaban J connectivity index is 1.35. The van der Waals surface area contributed by atoms with E-state index in [0.717, 1.165) is 27.1 Å². The molecule has 0 radical (unpaired) electrons. The Labute approximate surface area is 243 Å². The quantitative estimate of drug-likeness (QED) is 0.181. The van der Waals surface area contributed by atoms with Crippen LogP contribution in [-0.4, -0.2) is 67.8 Å². The molecule has 2 aromatic carbocycles. The third-order valence-corrected chi connectivity index (χ3v) is 9.51. The zero-order chi connectivity index (χ0) is 31.4. The minimum atomic E-state index is -5.50. The van der Waals surface area contributed by atoms with Gasteiger partial charge in [0.15, 0.2) is 6.23 Å². The van der Waals surface area contributed by atoms with Gasteiger partial charge < -0.3 is 44.2 Å². The molecule has 4 N–H and O–H groups in total. The molecular formula is C25H27N3O13P2-2. The third kappa shape index (κ3) is 8.63. The van der Waals surface area contributed by atoms with Crippen LogP contribution in [0, 0.1) is 0 Å².